The van der Waals surface area contributed by atoms with Gasteiger partial charge >= 0.3 is 5.69 Å². The first kappa shape index (κ1) is 18.4. The predicted octanol–water partition coefficient (Wildman–Crippen LogP) is 1.89. The summed E-state index contributed by atoms with van der Waals surface area (Å²) >= 11 is 0. The molecule has 9 heteroatoms. The van der Waals surface area contributed by atoms with Gasteiger partial charge in [0.1, 0.15) is 0 Å². The third-order valence-electron chi connectivity index (χ3n) is 5.37. The monoisotopic (exact) mass is 383 g/mol. The van der Waals surface area contributed by atoms with Crippen LogP contribution in [0.1, 0.15) is 18.4 Å². The number of benzene rings is 1. The summed E-state index contributed by atoms with van der Waals surface area (Å²) in [7, 11) is 0. The molecule has 2 saturated heterocycles. The van der Waals surface area contributed by atoms with E-state index in [2.05, 4.69) is 44.0 Å². The van der Waals surface area contributed by atoms with Gasteiger partial charge < -0.3 is 15.5 Å². The molecule has 4 rings (SSSR count). The second kappa shape index (κ2) is 7.97. The summed E-state index contributed by atoms with van der Waals surface area (Å²) < 4.78 is 0. The molecule has 0 unspecified atom stereocenters. The van der Waals surface area contributed by atoms with E-state index < -0.39 is 4.92 Å². The summed E-state index contributed by atoms with van der Waals surface area (Å²) in [5, 5.41) is 11.5. The molecule has 9 nitrogen and oxygen atoms in total. The summed E-state index contributed by atoms with van der Waals surface area (Å²) in [4.78, 5) is 26.3. The van der Waals surface area contributed by atoms with Gasteiger partial charge in [-0.15, -0.1) is 0 Å². The minimum Gasteiger partial charge on any atom is -0.378 e. The lowest BCUT2D eigenvalue weighted by molar-refractivity contribution is -0.383. The van der Waals surface area contributed by atoms with Crippen LogP contribution < -0.4 is 15.5 Å². The number of nitrogen functional groups attached to an aromatic ring is 1. The Balaban J connectivity index is 1.49. The van der Waals surface area contributed by atoms with E-state index in [0.717, 1.165) is 58.7 Å². The van der Waals surface area contributed by atoms with Gasteiger partial charge in [-0.05, 0) is 18.4 Å². The van der Waals surface area contributed by atoms with E-state index in [-0.39, 0.29) is 11.5 Å². The minimum absolute atomic E-state index is 0.0522. The molecule has 148 valence electrons. The van der Waals surface area contributed by atoms with Crippen molar-refractivity contribution in [3.8, 4) is 0 Å². The van der Waals surface area contributed by atoms with Crippen molar-refractivity contribution in [3.05, 3.63) is 46.0 Å². The molecule has 2 fully saturated rings. The maximum atomic E-state index is 11.5. The van der Waals surface area contributed by atoms with Crippen molar-refractivity contribution in [1.29, 1.82) is 0 Å². The van der Waals surface area contributed by atoms with Crippen molar-refractivity contribution in [2.45, 2.75) is 19.4 Å². The van der Waals surface area contributed by atoms with Gasteiger partial charge in [-0.2, -0.15) is 9.97 Å². The fourth-order valence-electron chi connectivity index (χ4n) is 3.86. The lowest BCUT2D eigenvalue weighted by Crippen LogP contribution is -2.46. The fraction of sp³-hybridized carbons (Fsp3) is 0.474. The minimum atomic E-state index is -0.468. The van der Waals surface area contributed by atoms with Crippen LogP contribution in [0.15, 0.2) is 30.3 Å². The average Bonchev–Trinajstić information content (AvgIpc) is 3.23. The molecule has 1 aromatic heterocycles. The Morgan fingerprint density at radius 2 is 1.64 bits per heavy atom. The molecule has 2 aromatic rings. The van der Waals surface area contributed by atoms with Crippen LogP contribution in [0.2, 0.25) is 0 Å². The van der Waals surface area contributed by atoms with E-state index in [1.807, 2.05) is 11.0 Å². The molecule has 2 aliphatic rings. The Kier molecular flexibility index (Phi) is 5.25. The number of nitro groups is 1. The van der Waals surface area contributed by atoms with Crippen molar-refractivity contribution in [2.24, 2.45) is 0 Å². The van der Waals surface area contributed by atoms with Crippen LogP contribution in [0.25, 0.3) is 0 Å². The first-order valence-corrected chi connectivity index (χ1v) is 9.70. The molecular formula is C19H25N7O2. The van der Waals surface area contributed by atoms with Crippen LogP contribution in [0.3, 0.4) is 0 Å². The standard InChI is InChI=1S/C19H25N7O2/c20-17-16(26(27)28)18(24-8-4-5-9-24)22-19(21-17)25-12-10-23(11-13-25)14-15-6-2-1-3-7-15/h1-3,6-7H,4-5,8-14H2,(H2,20,21,22). The third-order valence-corrected chi connectivity index (χ3v) is 5.37. The van der Waals surface area contributed by atoms with Gasteiger partial charge in [0.2, 0.25) is 17.6 Å². The molecular weight excluding hydrogens is 358 g/mol. The SMILES string of the molecule is Nc1nc(N2CCN(Cc3ccccc3)CC2)nc(N2CCCC2)c1[N+](=O)[O-]. The summed E-state index contributed by atoms with van der Waals surface area (Å²) in [5.74, 6) is 0.796. The number of hydrogen-bond donors (Lipinski definition) is 1. The largest absolute Gasteiger partial charge is 0.378 e. The Morgan fingerprint density at radius 1 is 0.964 bits per heavy atom. The molecule has 1 aromatic carbocycles. The van der Waals surface area contributed by atoms with Crippen LogP contribution in [-0.4, -0.2) is 59.1 Å². The average molecular weight is 383 g/mol. The van der Waals surface area contributed by atoms with E-state index in [1.54, 1.807) is 0 Å². The molecule has 0 spiro atoms. The number of nitrogens with zero attached hydrogens (tertiary/aromatic N) is 6. The number of aromatic nitrogens is 2. The van der Waals surface area contributed by atoms with Crippen molar-refractivity contribution < 1.29 is 4.92 Å². The third kappa shape index (κ3) is 3.84. The zero-order valence-electron chi connectivity index (χ0n) is 15.8. The van der Waals surface area contributed by atoms with Gasteiger partial charge in [-0.25, -0.2) is 0 Å². The van der Waals surface area contributed by atoms with Crippen LogP contribution in [-0.2, 0) is 6.54 Å². The van der Waals surface area contributed by atoms with Crippen molar-refractivity contribution in [2.75, 3.05) is 54.8 Å². The van der Waals surface area contributed by atoms with Crippen molar-refractivity contribution in [3.63, 3.8) is 0 Å². The first-order valence-electron chi connectivity index (χ1n) is 9.70. The van der Waals surface area contributed by atoms with Crippen LogP contribution in [0.5, 0.6) is 0 Å². The predicted molar refractivity (Wildman–Crippen MR) is 108 cm³/mol. The molecule has 0 radical (unpaired) electrons. The molecule has 0 atom stereocenters. The molecule has 0 saturated carbocycles. The molecule has 0 amide bonds. The van der Waals surface area contributed by atoms with E-state index in [0.29, 0.717) is 11.8 Å². The summed E-state index contributed by atoms with van der Waals surface area (Å²) in [5.41, 5.74) is 7.09. The second-order valence-electron chi connectivity index (χ2n) is 7.28. The zero-order chi connectivity index (χ0) is 19.5. The van der Waals surface area contributed by atoms with Gasteiger partial charge in [0.15, 0.2) is 0 Å². The first-order chi connectivity index (χ1) is 13.6. The summed E-state index contributed by atoms with van der Waals surface area (Å²) in [6.07, 6.45) is 2.02. The Labute approximate surface area is 163 Å². The highest BCUT2D eigenvalue weighted by Gasteiger charge is 2.30. The highest BCUT2D eigenvalue weighted by molar-refractivity contribution is 5.71. The van der Waals surface area contributed by atoms with Crippen molar-refractivity contribution >= 4 is 23.3 Å². The van der Waals surface area contributed by atoms with Gasteiger partial charge in [-0.1, -0.05) is 30.3 Å². The van der Waals surface area contributed by atoms with Gasteiger partial charge in [0, 0.05) is 45.8 Å². The Hall–Kier alpha value is -2.94. The van der Waals surface area contributed by atoms with E-state index in [4.69, 9.17) is 5.73 Å². The Bertz CT molecular complexity index is 832. The highest BCUT2D eigenvalue weighted by Crippen LogP contribution is 2.34. The zero-order valence-corrected chi connectivity index (χ0v) is 15.8. The highest BCUT2D eigenvalue weighted by atomic mass is 16.6. The van der Waals surface area contributed by atoms with Gasteiger partial charge in [0.05, 0.1) is 4.92 Å². The molecule has 28 heavy (non-hydrogen) atoms. The van der Waals surface area contributed by atoms with Crippen LogP contribution in [0, 0.1) is 10.1 Å². The molecule has 3 heterocycles. The van der Waals surface area contributed by atoms with Crippen LogP contribution in [0.4, 0.5) is 23.3 Å². The second-order valence-corrected chi connectivity index (χ2v) is 7.28. The maximum Gasteiger partial charge on any atom is 0.353 e. The molecule has 0 bridgehead atoms. The summed E-state index contributed by atoms with van der Waals surface area (Å²) in [6, 6.07) is 10.4. The van der Waals surface area contributed by atoms with Crippen molar-refractivity contribution in [1.82, 2.24) is 14.9 Å². The smallest absolute Gasteiger partial charge is 0.353 e. The fourth-order valence-corrected chi connectivity index (χ4v) is 3.86. The number of nitrogens with two attached hydrogens (primary N) is 1. The molecule has 2 aliphatic heterocycles. The lowest BCUT2D eigenvalue weighted by atomic mass is 10.2. The summed E-state index contributed by atoms with van der Waals surface area (Å²) in [6.45, 7) is 5.75. The lowest BCUT2D eigenvalue weighted by Gasteiger charge is -2.35. The number of anilines is 3. The number of piperazine rings is 1. The normalized spacial score (nSPS) is 17.9. The van der Waals surface area contributed by atoms with Gasteiger partial charge in [-0.3, -0.25) is 15.0 Å². The molecule has 2 N–H and O–H groups in total. The maximum absolute atomic E-state index is 11.5. The topological polar surface area (TPSA) is 105 Å². The Morgan fingerprint density at radius 3 is 2.29 bits per heavy atom. The van der Waals surface area contributed by atoms with E-state index >= 15 is 0 Å². The van der Waals surface area contributed by atoms with E-state index in [1.165, 1.54) is 5.56 Å². The van der Waals surface area contributed by atoms with Crippen LogP contribution >= 0.6 is 0 Å². The van der Waals surface area contributed by atoms with Gasteiger partial charge in [0.25, 0.3) is 0 Å². The quantitative estimate of drug-likeness (QED) is 0.616. The van der Waals surface area contributed by atoms with E-state index in [9.17, 15) is 10.1 Å². The molecule has 0 aliphatic carbocycles. The number of hydrogen-bond acceptors (Lipinski definition) is 8. The number of rotatable bonds is 5.